The molecule has 1 amide bonds. The third kappa shape index (κ3) is 3.75. The highest BCUT2D eigenvalue weighted by atomic mass is 16.5. The van der Waals surface area contributed by atoms with Crippen LogP contribution >= 0.6 is 0 Å². The molecule has 1 atom stereocenters. The van der Waals surface area contributed by atoms with E-state index in [0.717, 1.165) is 36.1 Å². The highest BCUT2D eigenvalue weighted by Crippen LogP contribution is 2.23. The van der Waals surface area contributed by atoms with Crippen LogP contribution in [0.1, 0.15) is 28.9 Å². The van der Waals surface area contributed by atoms with E-state index in [0.29, 0.717) is 18.8 Å². The molecule has 3 rings (SSSR count). The predicted octanol–water partition coefficient (Wildman–Crippen LogP) is 2.12. The molecule has 0 spiro atoms. The summed E-state index contributed by atoms with van der Waals surface area (Å²) in [6.45, 7) is 1.77. The van der Waals surface area contributed by atoms with Crippen molar-refractivity contribution in [2.45, 2.75) is 25.5 Å². The largest absolute Gasteiger partial charge is 0.376 e. The Labute approximate surface area is 135 Å². The second-order valence-corrected chi connectivity index (χ2v) is 5.65. The molecule has 23 heavy (non-hydrogen) atoms. The van der Waals surface area contributed by atoms with Crippen molar-refractivity contribution in [1.29, 1.82) is 0 Å². The molecule has 1 saturated heterocycles. The first-order valence-corrected chi connectivity index (χ1v) is 7.92. The number of pyridine rings is 1. The number of nitrogens with two attached hydrogens (primary N) is 1. The van der Waals surface area contributed by atoms with Crippen LogP contribution in [0.4, 0.5) is 0 Å². The zero-order valence-corrected chi connectivity index (χ0v) is 13.0. The molecule has 5 nitrogen and oxygen atoms in total. The smallest absolute Gasteiger partial charge is 0.270 e. The number of ether oxygens (including phenoxy) is 1. The van der Waals surface area contributed by atoms with Crippen LogP contribution in [0.3, 0.4) is 0 Å². The second kappa shape index (κ2) is 7.35. The van der Waals surface area contributed by atoms with Crippen molar-refractivity contribution in [3.8, 4) is 11.1 Å². The number of nitrogens with one attached hydrogen (secondary N) is 1. The van der Waals surface area contributed by atoms with Crippen molar-refractivity contribution >= 4 is 5.91 Å². The Morgan fingerprint density at radius 1 is 1.35 bits per heavy atom. The first kappa shape index (κ1) is 15.6. The fourth-order valence-electron chi connectivity index (χ4n) is 2.78. The maximum Gasteiger partial charge on any atom is 0.270 e. The van der Waals surface area contributed by atoms with Gasteiger partial charge >= 0.3 is 0 Å². The lowest BCUT2D eigenvalue weighted by atomic mass is 10.0. The maximum atomic E-state index is 12.5. The minimum atomic E-state index is -0.172. The number of aromatic nitrogens is 1. The summed E-state index contributed by atoms with van der Waals surface area (Å²) in [5, 5.41) is 2.93. The van der Waals surface area contributed by atoms with Crippen LogP contribution < -0.4 is 11.1 Å². The van der Waals surface area contributed by atoms with Gasteiger partial charge in [-0.3, -0.25) is 9.78 Å². The van der Waals surface area contributed by atoms with Crippen LogP contribution in [0.2, 0.25) is 0 Å². The van der Waals surface area contributed by atoms with Gasteiger partial charge in [-0.1, -0.05) is 24.3 Å². The van der Waals surface area contributed by atoms with Gasteiger partial charge in [-0.25, -0.2) is 0 Å². The molecule has 120 valence electrons. The van der Waals surface area contributed by atoms with Crippen molar-refractivity contribution in [2.75, 3.05) is 13.2 Å². The average molecular weight is 311 g/mol. The topological polar surface area (TPSA) is 77.2 Å². The molecule has 2 aromatic rings. The summed E-state index contributed by atoms with van der Waals surface area (Å²) in [4.78, 5) is 16.8. The molecule has 1 aliphatic heterocycles. The molecular formula is C18H21N3O2. The monoisotopic (exact) mass is 311 g/mol. The van der Waals surface area contributed by atoms with Crippen molar-refractivity contribution < 1.29 is 9.53 Å². The summed E-state index contributed by atoms with van der Waals surface area (Å²) < 4.78 is 5.54. The van der Waals surface area contributed by atoms with E-state index < -0.39 is 0 Å². The second-order valence-electron chi connectivity index (χ2n) is 5.65. The van der Waals surface area contributed by atoms with Gasteiger partial charge in [0.25, 0.3) is 5.91 Å². The average Bonchev–Trinajstić information content (AvgIpc) is 3.13. The number of amides is 1. The molecule has 0 aliphatic carbocycles. The SMILES string of the molecule is NCc1cccc(-c2cccnc2C(=O)NCC2CCCO2)c1. The third-order valence-electron chi connectivity index (χ3n) is 4.01. The predicted molar refractivity (Wildman–Crippen MR) is 88.9 cm³/mol. The van der Waals surface area contributed by atoms with Crippen LogP contribution in [-0.2, 0) is 11.3 Å². The van der Waals surface area contributed by atoms with Crippen LogP contribution in [0.5, 0.6) is 0 Å². The van der Waals surface area contributed by atoms with Crippen molar-refractivity contribution in [3.05, 3.63) is 53.9 Å². The van der Waals surface area contributed by atoms with Gasteiger partial charge in [-0.2, -0.15) is 0 Å². The van der Waals surface area contributed by atoms with Gasteiger partial charge in [0.15, 0.2) is 0 Å². The van der Waals surface area contributed by atoms with Gasteiger partial charge in [-0.05, 0) is 36.1 Å². The standard InChI is InChI=1S/C18H21N3O2/c19-11-13-4-1-5-14(10-13)16-7-2-8-20-17(16)18(22)21-12-15-6-3-9-23-15/h1-2,4-5,7-8,10,15H,3,6,9,11-12,19H2,(H,21,22). The minimum Gasteiger partial charge on any atom is -0.376 e. The maximum absolute atomic E-state index is 12.5. The van der Waals surface area contributed by atoms with Gasteiger partial charge in [0.05, 0.1) is 6.10 Å². The molecule has 5 heteroatoms. The normalized spacial score (nSPS) is 17.2. The Morgan fingerprint density at radius 2 is 2.26 bits per heavy atom. The molecule has 1 fully saturated rings. The Morgan fingerprint density at radius 3 is 3.04 bits per heavy atom. The Balaban J connectivity index is 1.80. The van der Waals surface area contributed by atoms with Crippen molar-refractivity contribution in [2.24, 2.45) is 5.73 Å². The summed E-state index contributed by atoms with van der Waals surface area (Å²) in [5.74, 6) is -0.172. The highest BCUT2D eigenvalue weighted by Gasteiger charge is 2.19. The molecule has 0 radical (unpaired) electrons. The molecule has 3 N–H and O–H groups in total. The van der Waals surface area contributed by atoms with Gasteiger partial charge in [-0.15, -0.1) is 0 Å². The zero-order chi connectivity index (χ0) is 16.1. The van der Waals surface area contributed by atoms with E-state index in [4.69, 9.17) is 10.5 Å². The number of carbonyl (C=O) groups excluding carboxylic acids is 1. The fourth-order valence-corrected chi connectivity index (χ4v) is 2.78. The van der Waals surface area contributed by atoms with Gasteiger partial charge in [0.1, 0.15) is 5.69 Å². The Kier molecular flexibility index (Phi) is 5.00. The summed E-state index contributed by atoms with van der Waals surface area (Å²) in [5.41, 5.74) is 8.92. The molecule has 1 unspecified atom stereocenters. The Hall–Kier alpha value is -2.24. The molecule has 1 aliphatic rings. The number of nitrogens with zero attached hydrogens (tertiary/aromatic N) is 1. The first-order valence-electron chi connectivity index (χ1n) is 7.92. The van der Waals surface area contributed by atoms with Crippen LogP contribution in [0.25, 0.3) is 11.1 Å². The van der Waals surface area contributed by atoms with Gasteiger partial charge in [0, 0.05) is 31.5 Å². The lowest BCUT2D eigenvalue weighted by Crippen LogP contribution is -2.32. The van der Waals surface area contributed by atoms with E-state index in [2.05, 4.69) is 10.3 Å². The number of rotatable bonds is 5. The van der Waals surface area contributed by atoms with Gasteiger partial charge < -0.3 is 15.8 Å². The van der Waals surface area contributed by atoms with Gasteiger partial charge in [0.2, 0.25) is 0 Å². The van der Waals surface area contributed by atoms with E-state index in [1.165, 1.54) is 0 Å². The third-order valence-corrected chi connectivity index (χ3v) is 4.01. The fraction of sp³-hybridized carbons (Fsp3) is 0.333. The summed E-state index contributed by atoms with van der Waals surface area (Å²) in [7, 11) is 0. The van der Waals surface area contributed by atoms with Crippen molar-refractivity contribution in [3.63, 3.8) is 0 Å². The number of carbonyl (C=O) groups is 1. The lowest BCUT2D eigenvalue weighted by Gasteiger charge is -2.13. The van der Waals surface area contributed by atoms with E-state index in [1.807, 2.05) is 36.4 Å². The minimum absolute atomic E-state index is 0.117. The van der Waals surface area contributed by atoms with E-state index in [9.17, 15) is 4.79 Å². The van der Waals surface area contributed by atoms with Crippen LogP contribution in [-0.4, -0.2) is 30.1 Å². The highest BCUT2D eigenvalue weighted by molar-refractivity contribution is 5.98. The quantitative estimate of drug-likeness (QED) is 0.886. The van der Waals surface area contributed by atoms with Crippen molar-refractivity contribution in [1.82, 2.24) is 10.3 Å². The Bertz CT molecular complexity index is 681. The lowest BCUT2D eigenvalue weighted by molar-refractivity contribution is 0.0854. The molecule has 1 aromatic carbocycles. The summed E-state index contributed by atoms with van der Waals surface area (Å²) in [6, 6.07) is 11.6. The van der Waals surface area contributed by atoms with E-state index in [-0.39, 0.29) is 12.0 Å². The zero-order valence-electron chi connectivity index (χ0n) is 13.0. The molecule has 1 aromatic heterocycles. The molecule has 2 heterocycles. The van der Waals surface area contributed by atoms with Crippen LogP contribution in [0, 0.1) is 0 Å². The summed E-state index contributed by atoms with van der Waals surface area (Å²) in [6.07, 6.45) is 3.80. The van der Waals surface area contributed by atoms with E-state index >= 15 is 0 Å². The molecule has 0 saturated carbocycles. The number of hydrogen-bond acceptors (Lipinski definition) is 4. The number of hydrogen-bond donors (Lipinski definition) is 2. The first-order chi connectivity index (χ1) is 11.3. The summed E-state index contributed by atoms with van der Waals surface area (Å²) >= 11 is 0. The van der Waals surface area contributed by atoms with E-state index in [1.54, 1.807) is 6.20 Å². The molecule has 0 bridgehead atoms. The molecular weight excluding hydrogens is 290 g/mol. The number of benzene rings is 1. The van der Waals surface area contributed by atoms with Crippen LogP contribution in [0.15, 0.2) is 42.6 Å².